The van der Waals surface area contributed by atoms with Gasteiger partial charge in [-0.25, -0.2) is 0 Å². The van der Waals surface area contributed by atoms with E-state index in [0.717, 1.165) is 44.9 Å². The Morgan fingerprint density at radius 1 is 0.585 bits per heavy atom. The van der Waals surface area contributed by atoms with Gasteiger partial charge in [0.2, 0.25) is 0 Å². The molecule has 3 heteroatoms. The Bertz CT molecular complexity index is 1870. The van der Waals surface area contributed by atoms with Gasteiger partial charge >= 0.3 is 0 Å². The lowest BCUT2D eigenvalue weighted by molar-refractivity contribution is 0.300. The first kappa shape index (κ1) is 24.7. The van der Waals surface area contributed by atoms with Crippen LogP contribution in [-0.4, -0.2) is 9.97 Å². The summed E-state index contributed by atoms with van der Waals surface area (Å²) in [6, 6.07) is 53.0. The van der Waals surface area contributed by atoms with Crippen LogP contribution in [0.1, 0.15) is 28.1 Å². The van der Waals surface area contributed by atoms with E-state index in [2.05, 4.69) is 156 Å². The lowest BCUT2D eigenvalue weighted by atomic mass is 9.67. The van der Waals surface area contributed by atoms with Crippen molar-refractivity contribution in [2.45, 2.75) is 12.0 Å². The number of aromatic nitrogens is 2. The van der Waals surface area contributed by atoms with Crippen molar-refractivity contribution in [2.24, 2.45) is 0 Å². The zero-order valence-electron chi connectivity index (χ0n) is 22.6. The number of ether oxygens (including phenoxy) is 1. The third-order valence-corrected chi connectivity index (χ3v) is 7.88. The quantitative estimate of drug-likeness (QED) is 0.202. The average molecular weight is 531 g/mol. The summed E-state index contributed by atoms with van der Waals surface area (Å²) in [7, 11) is 0. The third kappa shape index (κ3) is 4.32. The van der Waals surface area contributed by atoms with E-state index in [1.54, 1.807) is 0 Å². The molecule has 0 saturated heterocycles. The van der Waals surface area contributed by atoms with Crippen molar-refractivity contribution in [3.05, 3.63) is 186 Å². The number of hydrogen-bond acceptors (Lipinski definition) is 1. The van der Waals surface area contributed by atoms with E-state index < -0.39 is 5.41 Å². The van der Waals surface area contributed by atoms with Gasteiger partial charge in [-0.3, -0.25) is 0 Å². The summed E-state index contributed by atoms with van der Waals surface area (Å²) in [4.78, 5) is 7.54. The van der Waals surface area contributed by atoms with Gasteiger partial charge in [0, 0.05) is 39.6 Å². The Hall–Kier alpha value is -5.28. The molecule has 2 aromatic heterocycles. The van der Waals surface area contributed by atoms with Crippen molar-refractivity contribution in [3.63, 3.8) is 0 Å². The molecule has 0 amide bonds. The maximum Gasteiger partial charge on any atom is 0.124 e. The summed E-state index contributed by atoms with van der Waals surface area (Å²) in [5.74, 6) is 0.840. The molecule has 0 aliphatic carbocycles. The number of H-pyrrole nitrogens is 2. The normalized spacial score (nSPS) is 12.7. The molecule has 7 aromatic rings. The molecule has 0 aliphatic heterocycles. The molecule has 0 fully saturated rings. The molecule has 0 aliphatic rings. The molecule has 198 valence electrons. The lowest BCUT2D eigenvalue weighted by Gasteiger charge is -2.36. The summed E-state index contributed by atoms with van der Waals surface area (Å²) in [5, 5.41) is 1.18. The van der Waals surface area contributed by atoms with Crippen LogP contribution in [0.4, 0.5) is 0 Å². The van der Waals surface area contributed by atoms with Crippen LogP contribution in [0.15, 0.2) is 158 Å². The molecule has 0 saturated carbocycles. The van der Waals surface area contributed by atoms with Crippen LogP contribution in [0, 0.1) is 0 Å². The maximum absolute atomic E-state index is 6.66. The second-order valence-electron chi connectivity index (χ2n) is 10.3. The summed E-state index contributed by atoms with van der Waals surface area (Å²) in [5.41, 5.74) is 8.18. The van der Waals surface area contributed by atoms with E-state index in [1.165, 1.54) is 10.9 Å². The van der Waals surface area contributed by atoms with E-state index in [0.29, 0.717) is 6.61 Å². The van der Waals surface area contributed by atoms with Crippen LogP contribution < -0.4 is 4.74 Å². The van der Waals surface area contributed by atoms with Crippen LogP contribution in [0.5, 0.6) is 5.75 Å². The van der Waals surface area contributed by atoms with Gasteiger partial charge in [-0.1, -0.05) is 127 Å². The van der Waals surface area contributed by atoms with Crippen molar-refractivity contribution >= 4 is 10.9 Å². The molecule has 1 unspecified atom stereocenters. The summed E-state index contributed by atoms with van der Waals surface area (Å²) >= 11 is 0. The van der Waals surface area contributed by atoms with Crippen molar-refractivity contribution < 1.29 is 4.74 Å². The van der Waals surface area contributed by atoms with E-state index in [9.17, 15) is 0 Å². The number of para-hydroxylation sites is 2. The molecular formula is C38H30N2O. The van der Waals surface area contributed by atoms with Gasteiger partial charge in [-0.15, -0.1) is 0 Å². The van der Waals surface area contributed by atoms with Crippen molar-refractivity contribution in [1.29, 1.82) is 0 Å². The first-order valence-corrected chi connectivity index (χ1v) is 14.0. The molecule has 0 bridgehead atoms. The van der Waals surface area contributed by atoms with Gasteiger partial charge in [-0.2, -0.15) is 0 Å². The number of aromatic amines is 2. The van der Waals surface area contributed by atoms with E-state index in [-0.39, 0.29) is 0 Å². The van der Waals surface area contributed by atoms with Crippen LogP contribution in [0.3, 0.4) is 0 Å². The summed E-state index contributed by atoms with van der Waals surface area (Å²) in [6.07, 6.45) is 2.01. The van der Waals surface area contributed by atoms with Gasteiger partial charge in [0.25, 0.3) is 0 Å². The van der Waals surface area contributed by atoms with Crippen LogP contribution in [0.2, 0.25) is 0 Å². The number of hydrogen-bond donors (Lipinski definition) is 2. The highest BCUT2D eigenvalue weighted by atomic mass is 16.5. The van der Waals surface area contributed by atoms with Gasteiger partial charge in [-0.05, 0) is 41.0 Å². The molecule has 5 aromatic carbocycles. The second kappa shape index (κ2) is 10.7. The van der Waals surface area contributed by atoms with Crippen LogP contribution >= 0.6 is 0 Å². The topological polar surface area (TPSA) is 40.8 Å². The van der Waals surface area contributed by atoms with Crippen molar-refractivity contribution in [3.8, 4) is 16.9 Å². The lowest BCUT2D eigenvalue weighted by Crippen LogP contribution is -2.33. The SMILES string of the molecule is c1ccc(COc2ccccc2C(c2ccccc2)(c2ccc[nH]2)c2[nH]c3ccccc3c2-c2ccccc2)cc1. The van der Waals surface area contributed by atoms with Gasteiger partial charge in [0.05, 0.1) is 0 Å². The van der Waals surface area contributed by atoms with Crippen molar-refractivity contribution in [1.82, 2.24) is 9.97 Å². The number of rotatable bonds is 8. The average Bonchev–Trinajstić information content (AvgIpc) is 3.72. The Morgan fingerprint density at radius 3 is 2.00 bits per heavy atom. The Morgan fingerprint density at radius 2 is 1.24 bits per heavy atom. The molecule has 3 nitrogen and oxygen atoms in total. The molecule has 7 rings (SSSR count). The largest absolute Gasteiger partial charge is 0.489 e. The number of nitrogens with one attached hydrogen (secondary N) is 2. The minimum atomic E-state index is -0.734. The molecule has 2 N–H and O–H groups in total. The van der Waals surface area contributed by atoms with E-state index in [4.69, 9.17) is 4.74 Å². The van der Waals surface area contributed by atoms with Crippen LogP contribution in [-0.2, 0) is 12.0 Å². The highest BCUT2D eigenvalue weighted by Crippen LogP contribution is 2.51. The monoisotopic (exact) mass is 530 g/mol. The molecule has 0 spiro atoms. The van der Waals surface area contributed by atoms with E-state index in [1.807, 2.05) is 12.3 Å². The highest BCUT2D eigenvalue weighted by molar-refractivity contribution is 5.99. The van der Waals surface area contributed by atoms with Gasteiger partial charge in [0.1, 0.15) is 17.8 Å². The fourth-order valence-electron chi connectivity index (χ4n) is 6.09. The third-order valence-electron chi connectivity index (χ3n) is 7.88. The molecular weight excluding hydrogens is 500 g/mol. The van der Waals surface area contributed by atoms with Crippen LogP contribution in [0.25, 0.3) is 22.0 Å². The Balaban J connectivity index is 1.57. The summed E-state index contributed by atoms with van der Waals surface area (Å²) in [6.45, 7) is 0.478. The minimum absolute atomic E-state index is 0.478. The first-order chi connectivity index (χ1) is 20.4. The molecule has 2 heterocycles. The maximum atomic E-state index is 6.66. The van der Waals surface area contributed by atoms with Gasteiger partial charge in [0.15, 0.2) is 0 Å². The fourth-order valence-corrected chi connectivity index (χ4v) is 6.09. The molecule has 0 radical (unpaired) electrons. The Labute approximate surface area is 240 Å². The van der Waals surface area contributed by atoms with Gasteiger partial charge < -0.3 is 14.7 Å². The summed E-state index contributed by atoms with van der Waals surface area (Å²) < 4.78 is 6.66. The van der Waals surface area contributed by atoms with E-state index >= 15 is 0 Å². The first-order valence-electron chi connectivity index (χ1n) is 14.0. The number of benzene rings is 5. The van der Waals surface area contributed by atoms with Crippen molar-refractivity contribution in [2.75, 3.05) is 0 Å². The zero-order chi connectivity index (χ0) is 27.5. The Kier molecular flexibility index (Phi) is 6.46. The predicted molar refractivity (Wildman–Crippen MR) is 167 cm³/mol. The second-order valence-corrected chi connectivity index (χ2v) is 10.3. The predicted octanol–water partition coefficient (Wildman–Crippen LogP) is 9.12. The minimum Gasteiger partial charge on any atom is -0.489 e. The molecule has 1 atom stereocenters. The number of fused-ring (bicyclic) bond motifs is 1. The highest BCUT2D eigenvalue weighted by Gasteiger charge is 2.44. The fraction of sp³-hybridized carbons (Fsp3) is 0.0526. The zero-order valence-corrected chi connectivity index (χ0v) is 22.6. The molecule has 41 heavy (non-hydrogen) atoms. The smallest absolute Gasteiger partial charge is 0.124 e. The standard InChI is InChI=1S/C38H30N2O/c1-4-15-28(16-5-1)27-41-34-24-13-11-22-32(34)38(35-25-14-26-39-35,30-19-8-3-9-20-30)37-36(29-17-6-2-7-18-29)31-21-10-12-23-33(31)40-37/h1-26,39-40H,27H2.